The van der Waals surface area contributed by atoms with E-state index in [0.29, 0.717) is 24.9 Å². The minimum atomic E-state index is -3.40. The molecule has 0 aromatic heterocycles. The minimum absolute atomic E-state index is 0.0469. The predicted molar refractivity (Wildman–Crippen MR) is 81.1 cm³/mol. The number of carbonyl (C=O) groups is 1. The molecule has 0 atom stereocenters. The Morgan fingerprint density at radius 1 is 1.18 bits per heavy atom. The van der Waals surface area contributed by atoms with E-state index in [1.165, 1.54) is 16.4 Å². The maximum Gasteiger partial charge on any atom is 0.258 e. The summed E-state index contributed by atoms with van der Waals surface area (Å²) in [7, 11) is -3.40. The Balaban J connectivity index is 1.58. The molecule has 120 valence electrons. The molecular weight excluding hydrogens is 304 g/mol. The molecule has 0 unspecified atom stereocenters. The molecule has 1 aromatic rings. The first-order chi connectivity index (χ1) is 10.6. The molecular formula is C15H20N2O4S. The smallest absolute Gasteiger partial charge is 0.258 e. The Morgan fingerprint density at radius 3 is 2.41 bits per heavy atom. The topological polar surface area (TPSA) is 75.7 Å². The average Bonchev–Trinajstić information content (AvgIpc) is 3.14. The van der Waals surface area contributed by atoms with E-state index >= 15 is 0 Å². The first-order valence-corrected chi connectivity index (χ1v) is 9.02. The van der Waals surface area contributed by atoms with Gasteiger partial charge in [-0.15, -0.1) is 0 Å². The van der Waals surface area contributed by atoms with Crippen LogP contribution in [0.5, 0.6) is 5.75 Å². The fourth-order valence-electron chi connectivity index (χ4n) is 2.43. The zero-order valence-electron chi connectivity index (χ0n) is 12.3. The molecule has 3 rings (SSSR count). The van der Waals surface area contributed by atoms with E-state index in [9.17, 15) is 13.2 Å². The monoisotopic (exact) mass is 324 g/mol. The van der Waals surface area contributed by atoms with Crippen LogP contribution < -0.4 is 10.1 Å². The number of hydrogen-bond acceptors (Lipinski definition) is 4. The van der Waals surface area contributed by atoms with Crippen LogP contribution >= 0.6 is 0 Å². The zero-order chi connectivity index (χ0) is 15.6. The number of carbonyl (C=O) groups excluding carboxylic acids is 1. The summed E-state index contributed by atoms with van der Waals surface area (Å²) in [5.74, 6) is 0.350. The van der Waals surface area contributed by atoms with Crippen LogP contribution in [0, 0.1) is 0 Å². The van der Waals surface area contributed by atoms with Crippen molar-refractivity contribution in [1.82, 2.24) is 9.62 Å². The Labute approximate surface area is 130 Å². The molecule has 1 saturated heterocycles. The van der Waals surface area contributed by atoms with Crippen molar-refractivity contribution in [3.63, 3.8) is 0 Å². The lowest BCUT2D eigenvalue weighted by atomic mass is 10.3. The first-order valence-electron chi connectivity index (χ1n) is 7.58. The predicted octanol–water partition coefficient (Wildman–Crippen LogP) is 1.13. The quantitative estimate of drug-likeness (QED) is 0.851. The highest BCUT2D eigenvalue weighted by molar-refractivity contribution is 7.89. The van der Waals surface area contributed by atoms with Crippen LogP contribution in [0.1, 0.15) is 25.7 Å². The summed E-state index contributed by atoms with van der Waals surface area (Å²) in [5.41, 5.74) is 0. The highest BCUT2D eigenvalue weighted by Gasteiger charge is 2.27. The number of nitrogens with zero attached hydrogens (tertiary/aromatic N) is 1. The largest absolute Gasteiger partial charge is 0.484 e. The summed E-state index contributed by atoms with van der Waals surface area (Å²) in [4.78, 5) is 11.8. The number of ether oxygens (including phenoxy) is 1. The van der Waals surface area contributed by atoms with E-state index in [4.69, 9.17) is 4.74 Å². The highest BCUT2D eigenvalue weighted by atomic mass is 32.2. The molecule has 2 aliphatic rings. The summed E-state index contributed by atoms with van der Waals surface area (Å²) in [6.45, 7) is 1.12. The van der Waals surface area contributed by atoms with Crippen molar-refractivity contribution < 1.29 is 17.9 Å². The fraction of sp³-hybridized carbons (Fsp3) is 0.533. The van der Waals surface area contributed by atoms with Crippen molar-refractivity contribution in [3.05, 3.63) is 24.3 Å². The molecule has 7 heteroatoms. The molecule has 1 aliphatic heterocycles. The van der Waals surface area contributed by atoms with Gasteiger partial charge in [-0.05, 0) is 49.9 Å². The van der Waals surface area contributed by atoms with Gasteiger partial charge in [-0.25, -0.2) is 8.42 Å². The molecule has 1 N–H and O–H groups in total. The van der Waals surface area contributed by atoms with Gasteiger partial charge in [0.2, 0.25) is 10.0 Å². The molecule has 6 nitrogen and oxygen atoms in total. The van der Waals surface area contributed by atoms with E-state index in [2.05, 4.69) is 5.32 Å². The number of nitrogens with one attached hydrogen (secondary N) is 1. The van der Waals surface area contributed by atoms with Gasteiger partial charge in [0.25, 0.3) is 5.91 Å². The van der Waals surface area contributed by atoms with Crippen LogP contribution in [0.25, 0.3) is 0 Å². The van der Waals surface area contributed by atoms with Gasteiger partial charge in [-0.2, -0.15) is 4.31 Å². The van der Waals surface area contributed by atoms with Gasteiger partial charge in [-0.3, -0.25) is 4.79 Å². The second kappa shape index (κ2) is 6.26. The van der Waals surface area contributed by atoms with Crippen LogP contribution in [-0.4, -0.2) is 44.4 Å². The molecule has 0 bridgehead atoms. The van der Waals surface area contributed by atoms with Crippen LogP contribution in [0.15, 0.2) is 29.2 Å². The van der Waals surface area contributed by atoms with E-state index in [1.54, 1.807) is 12.1 Å². The van der Waals surface area contributed by atoms with Crippen molar-refractivity contribution in [2.75, 3.05) is 19.7 Å². The molecule has 1 aromatic carbocycles. The fourth-order valence-corrected chi connectivity index (χ4v) is 3.95. The minimum Gasteiger partial charge on any atom is -0.484 e. The molecule has 1 saturated carbocycles. The first kappa shape index (κ1) is 15.3. The summed E-state index contributed by atoms with van der Waals surface area (Å²) >= 11 is 0. The molecule has 1 heterocycles. The lowest BCUT2D eigenvalue weighted by molar-refractivity contribution is -0.123. The van der Waals surface area contributed by atoms with Crippen molar-refractivity contribution in [3.8, 4) is 5.75 Å². The zero-order valence-corrected chi connectivity index (χ0v) is 13.1. The maximum atomic E-state index is 12.4. The van der Waals surface area contributed by atoms with E-state index in [-0.39, 0.29) is 17.4 Å². The van der Waals surface area contributed by atoms with Gasteiger partial charge in [0.1, 0.15) is 5.75 Å². The second-order valence-corrected chi connectivity index (χ2v) is 7.65. The lowest BCUT2D eigenvalue weighted by Crippen LogP contribution is -2.30. The molecule has 0 radical (unpaired) electrons. The third-order valence-electron chi connectivity index (χ3n) is 3.84. The van der Waals surface area contributed by atoms with Crippen molar-refractivity contribution in [2.24, 2.45) is 0 Å². The summed E-state index contributed by atoms with van der Waals surface area (Å²) in [6, 6.07) is 6.55. The Kier molecular flexibility index (Phi) is 4.35. The number of rotatable bonds is 6. The van der Waals surface area contributed by atoms with Gasteiger partial charge in [0, 0.05) is 19.1 Å². The highest BCUT2D eigenvalue weighted by Crippen LogP contribution is 2.23. The SMILES string of the molecule is O=C(COc1ccc(S(=O)(=O)N2CCCC2)cc1)NC1CC1. The number of benzene rings is 1. The van der Waals surface area contributed by atoms with Crippen molar-refractivity contribution in [2.45, 2.75) is 36.6 Å². The van der Waals surface area contributed by atoms with Gasteiger partial charge >= 0.3 is 0 Å². The average molecular weight is 324 g/mol. The summed E-state index contributed by atoms with van der Waals surface area (Å²) < 4.78 is 31.6. The van der Waals surface area contributed by atoms with Crippen LogP contribution in [-0.2, 0) is 14.8 Å². The molecule has 22 heavy (non-hydrogen) atoms. The number of sulfonamides is 1. The van der Waals surface area contributed by atoms with E-state index < -0.39 is 10.0 Å². The van der Waals surface area contributed by atoms with Crippen molar-refractivity contribution in [1.29, 1.82) is 0 Å². The van der Waals surface area contributed by atoms with E-state index in [1.807, 2.05) is 0 Å². The van der Waals surface area contributed by atoms with Crippen molar-refractivity contribution >= 4 is 15.9 Å². The lowest BCUT2D eigenvalue weighted by Gasteiger charge is -2.15. The van der Waals surface area contributed by atoms with Gasteiger partial charge in [0.15, 0.2) is 6.61 Å². The standard InChI is InChI=1S/C15H20N2O4S/c18-15(16-12-3-4-12)11-21-13-5-7-14(8-6-13)22(19,20)17-9-1-2-10-17/h5-8,12H,1-4,9-11H2,(H,16,18). The number of hydrogen-bond donors (Lipinski definition) is 1. The van der Waals surface area contributed by atoms with Gasteiger partial charge in [-0.1, -0.05) is 0 Å². The summed E-state index contributed by atoms with van der Waals surface area (Å²) in [5, 5.41) is 2.83. The molecule has 1 amide bonds. The van der Waals surface area contributed by atoms with Gasteiger partial charge < -0.3 is 10.1 Å². The normalized spacial score (nSPS) is 19.1. The van der Waals surface area contributed by atoms with Gasteiger partial charge in [0.05, 0.1) is 4.90 Å². The Hall–Kier alpha value is -1.60. The molecule has 1 aliphatic carbocycles. The van der Waals surface area contributed by atoms with Crippen LogP contribution in [0.3, 0.4) is 0 Å². The Bertz CT molecular complexity index is 632. The third-order valence-corrected chi connectivity index (χ3v) is 5.75. The van der Waals surface area contributed by atoms with Crippen LogP contribution in [0.2, 0.25) is 0 Å². The molecule has 0 spiro atoms. The second-order valence-electron chi connectivity index (χ2n) is 5.71. The molecule has 2 fully saturated rings. The Morgan fingerprint density at radius 2 is 1.82 bits per heavy atom. The van der Waals surface area contributed by atoms with E-state index in [0.717, 1.165) is 25.7 Å². The van der Waals surface area contributed by atoms with Crippen LogP contribution in [0.4, 0.5) is 0 Å². The summed E-state index contributed by atoms with van der Waals surface area (Å²) in [6.07, 6.45) is 3.90. The third kappa shape index (κ3) is 3.59. The maximum absolute atomic E-state index is 12.4. The number of amides is 1.